The van der Waals surface area contributed by atoms with Crippen molar-refractivity contribution in [1.29, 1.82) is 0 Å². The third-order valence-corrected chi connectivity index (χ3v) is 6.70. The maximum atomic E-state index is 12.6. The Morgan fingerprint density at radius 3 is 2.76 bits per heavy atom. The standard InChI is InChI=1S/C21H19IN4O2S/c1-12-6-7-17(8-13(12)2)26-11-15(10-18(26)27)20-24-25-21(29-20)23-19(28)14-4-3-5-16(22)9-14/h3-9,15H,10-11H2,1-2H3,(H,23,25,28). The van der Waals surface area contributed by atoms with E-state index in [0.29, 0.717) is 23.7 Å². The van der Waals surface area contributed by atoms with Crippen LogP contribution in [0, 0.1) is 17.4 Å². The van der Waals surface area contributed by atoms with Crippen molar-refractivity contribution in [3.8, 4) is 0 Å². The molecule has 1 aliphatic rings. The molecule has 4 rings (SSSR count). The number of anilines is 2. The van der Waals surface area contributed by atoms with E-state index in [1.165, 1.54) is 16.9 Å². The number of amides is 2. The Bertz CT molecular complexity index is 1100. The average molecular weight is 518 g/mol. The Labute approximate surface area is 186 Å². The van der Waals surface area contributed by atoms with Gasteiger partial charge < -0.3 is 4.90 Å². The van der Waals surface area contributed by atoms with Gasteiger partial charge in [-0.1, -0.05) is 23.5 Å². The monoisotopic (exact) mass is 518 g/mol. The second kappa shape index (κ2) is 8.19. The fourth-order valence-electron chi connectivity index (χ4n) is 3.27. The first kappa shape index (κ1) is 20.0. The highest BCUT2D eigenvalue weighted by atomic mass is 127. The Morgan fingerprint density at radius 1 is 1.17 bits per heavy atom. The highest BCUT2D eigenvalue weighted by Gasteiger charge is 2.34. The Kier molecular flexibility index (Phi) is 5.64. The van der Waals surface area contributed by atoms with Gasteiger partial charge in [0, 0.05) is 33.7 Å². The second-order valence-corrected chi connectivity index (χ2v) is 9.34. The van der Waals surface area contributed by atoms with Crippen LogP contribution in [0.3, 0.4) is 0 Å². The van der Waals surface area contributed by atoms with Gasteiger partial charge in [-0.25, -0.2) is 0 Å². The van der Waals surface area contributed by atoms with Crippen LogP contribution >= 0.6 is 33.9 Å². The lowest BCUT2D eigenvalue weighted by Crippen LogP contribution is -2.24. The van der Waals surface area contributed by atoms with Gasteiger partial charge >= 0.3 is 0 Å². The largest absolute Gasteiger partial charge is 0.312 e. The predicted octanol–water partition coefficient (Wildman–Crippen LogP) is 4.53. The molecule has 1 N–H and O–H groups in total. The van der Waals surface area contributed by atoms with Gasteiger partial charge in [-0.15, -0.1) is 10.2 Å². The van der Waals surface area contributed by atoms with Gasteiger partial charge in [0.05, 0.1) is 0 Å². The van der Waals surface area contributed by atoms with Crippen molar-refractivity contribution in [2.45, 2.75) is 26.2 Å². The van der Waals surface area contributed by atoms with Crippen LogP contribution in [0.4, 0.5) is 10.8 Å². The van der Waals surface area contributed by atoms with E-state index in [1.807, 2.05) is 48.2 Å². The number of nitrogens with one attached hydrogen (secondary N) is 1. The van der Waals surface area contributed by atoms with Crippen LogP contribution in [0.15, 0.2) is 42.5 Å². The van der Waals surface area contributed by atoms with E-state index >= 15 is 0 Å². The van der Waals surface area contributed by atoms with Gasteiger partial charge in [-0.3, -0.25) is 14.9 Å². The van der Waals surface area contributed by atoms with E-state index in [9.17, 15) is 9.59 Å². The maximum absolute atomic E-state index is 12.6. The molecule has 1 aliphatic heterocycles. The van der Waals surface area contributed by atoms with Crippen LogP contribution in [-0.2, 0) is 4.79 Å². The summed E-state index contributed by atoms with van der Waals surface area (Å²) in [5.74, 6) is -0.159. The molecule has 2 amide bonds. The number of carbonyl (C=O) groups is 2. The lowest BCUT2D eigenvalue weighted by atomic mass is 10.1. The van der Waals surface area contributed by atoms with Gasteiger partial charge in [-0.05, 0) is 77.9 Å². The molecule has 1 atom stereocenters. The molecule has 0 radical (unpaired) electrons. The molecule has 6 nitrogen and oxygen atoms in total. The maximum Gasteiger partial charge on any atom is 0.257 e. The summed E-state index contributed by atoms with van der Waals surface area (Å²) in [6, 6.07) is 13.4. The van der Waals surface area contributed by atoms with Crippen molar-refractivity contribution in [1.82, 2.24) is 10.2 Å². The van der Waals surface area contributed by atoms with Crippen molar-refractivity contribution in [2.75, 3.05) is 16.8 Å². The molecule has 3 aromatic rings. The average Bonchev–Trinajstić information content (AvgIpc) is 3.30. The molecular formula is C21H19IN4O2S. The summed E-state index contributed by atoms with van der Waals surface area (Å²) < 4.78 is 0.990. The van der Waals surface area contributed by atoms with Crippen molar-refractivity contribution >= 4 is 56.6 Å². The molecule has 2 aromatic carbocycles. The molecule has 0 bridgehead atoms. The van der Waals surface area contributed by atoms with Crippen molar-refractivity contribution in [2.24, 2.45) is 0 Å². The topological polar surface area (TPSA) is 75.2 Å². The molecule has 148 valence electrons. The molecule has 8 heteroatoms. The minimum atomic E-state index is -0.217. The van der Waals surface area contributed by atoms with Gasteiger partial charge in [-0.2, -0.15) is 0 Å². The third kappa shape index (κ3) is 4.32. The Hall–Kier alpha value is -2.33. The smallest absolute Gasteiger partial charge is 0.257 e. The van der Waals surface area contributed by atoms with E-state index in [-0.39, 0.29) is 17.7 Å². The van der Waals surface area contributed by atoms with Gasteiger partial charge in [0.25, 0.3) is 5.91 Å². The van der Waals surface area contributed by atoms with Gasteiger partial charge in [0.1, 0.15) is 5.01 Å². The zero-order valence-corrected chi connectivity index (χ0v) is 19.0. The number of aryl methyl sites for hydroxylation is 2. The number of rotatable bonds is 4. The molecule has 29 heavy (non-hydrogen) atoms. The highest BCUT2D eigenvalue weighted by Crippen LogP contribution is 2.34. The summed E-state index contributed by atoms with van der Waals surface area (Å²) in [6.45, 7) is 4.67. The van der Waals surface area contributed by atoms with E-state index in [1.54, 1.807) is 6.07 Å². The van der Waals surface area contributed by atoms with E-state index < -0.39 is 0 Å². The Morgan fingerprint density at radius 2 is 2.00 bits per heavy atom. The molecule has 2 heterocycles. The quantitative estimate of drug-likeness (QED) is 0.515. The third-order valence-electron chi connectivity index (χ3n) is 5.02. The number of nitrogens with zero attached hydrogens (tertiary/aromatic N) is 3. The van der Waals surface area contributed by atoms with Crippen molar-refractivity contribution < 1.29 is 9.59 Å². The molecular weight excluding hydrogens is 499 g/mol. The molecule has 0 spiro atoms. The number of aromatic nitrogens is 2. The van der Waals surface area contributed by atoms with Crippen LogP contribution in [0.25, 0.3) is 0 Å². The number of hydrogen-bond acceptors (Lipinski definition) is 5. The molecule has 1 aromatic heterocycles. The molecule has 1 fully saturated rings. The first-order chi connectivity index (χ1) is 13.9. The zero-order valence-electron chi connectivity index (χ0n) is 16.0. The summed E-state index contributed by atoms with van der Waals surface area (Å²) in [7, 11) is 0. The number of halogens is 1. The lowest BCUT2D eigenvalue weighted by Gasteiger charge is -2.17. The van der Waals surface area contributed by atoms with E-state index in [2.05, 4.69) is 45.0 Å². The fraction of sp³-hybridized carbons (Fsp3) is 0.238. The zero-order chi connectivity index (χ0) is 20.5. The molecule has 0 saturated carbocycles. The summed E-state index contributed by atoms with van der Waals surface area (Å²) >= 11 is 3.50. The summed E-state index contributed by atoms with van der Waals surface area (Å²) in [5.41, 5.74) is 3.85. The second-order valence-electron chi connectivity index (χ2n) is 7.08. The minimum absolute atomic E-state index is 0.0232. The van der Waals surface area contributed by atoms with Gasteiger partial charge in [0.2, 0.25) is 11.0 Å². The molecule has 1 saturated heterocycles. The van der Waals surface area contributed by atoms with E-state index in [0.717, 1.165) is 19.8 Å². The van der Waals surface area contributed by atoms with Crippen molar-refractivity contribution in [3.05, 3.63) is 67.7 Å². The predicted molar refractivity (Wildman–Crippen MR) is 123 cm³/mol. The fourth-order valence-corrected chi connectivity index (χ4v) is 4.64. The number of benzene rings is 2. The minimum Gasteiger partial charge on any atom is -0.312 e. The summed E-state index contributed by atoms with van der Waals surface area (Å²) in [4.78, 5) is 26.8. The normalized spacial score (nSPS) is 16.3. The Balaban J connectivity index is 1.46. The van der Waals surface area contributed by atoms with Gasteiger partial charge in [0.15, 0.2) is 0 Å². The van der Waals surface area contributed by atoms with Crippen LogP contribution in [0.2, 0.25) is 0 Å². The van der Waals surface area contributed by atoms with Crippen LogP contribution in [0.1, 0.15) is 38.8 Å². The van der Waals surface area contributed by atoms with Crippen molar-refractivity contribution in [3.63, 3.8) is 0 Å². The first-order valence-corrected chi connectivity index (χ1v) is 11.1. The first-order valence-electron chi connectivity index (χ1n) is 9.18. The highest BCUT2D eigenvalue weighted by molar-refractivity contribution is 14.1. The molecule has 0 aliphatic carbocycles. The lowest BCUT2D eigenvalue weighted by molar-refractivity contribution is -0.117. The number of hydrogen-bond donors (Lipinski definition) is 1. The summed E-state index contributed by atoms with van der Waals surface area (Å²) in [5, 5.41) is 12.3. The van der Waals surface area contributed by atoms with Crippen LogP contribution in [-0.4, -0.2) is 28.6 Å². The van der Waals surface area contributed by atoms with E-state index in [4.69, 9.17) is 0 Å². The number of carbonyl (C=O) groups excluding carboxylic acids is 2. The molecule has 1 unspecified atom stereocenters. The van der Waals surface area contributed by atoms with Crippen LogP contribution < -0.4 is 10.2 Å². The summed E-state index contributed by atoms with van der Waals surface area (Å²) in [6.07, 6.45) is 0.395. The van der Waals surface area contributed by atoms with Crippen LogP contribution in [0.5, 0.6) is 0 Å². The SMILES string of the molecule is Cc1ccc(N2CC(c3nnc(NC(=O)c4cccc(I)c4)s3)CC2=O)cc1C.